The highest BCUT2D eigenvalue weighted by Crippen LogP contribution is 2.34. The van der Waals surface area contributed by atoms with E-state index in [2.05, 4.69) is 31.2 Å². The van der Waals surface area contributed by atoms with Gasteiger partial charge in [-0.3, -0.25) is 4.40 Å². The minimum Gasteiger partial charge on any atom is -0.493 e. The van der Waals surface area contributed by atoms with Crippen LogP contribution in [0.25, 0.3) is 16.9 Å². The molecule has 0 aliphatic carbocycles. The number of benzene rings is 3. The van der Waals surface area contributed by atoms with Gasteiger partial charge in [0, 0.05) is 24.6 Å². The number of aryl methyl sites for hydroxylation is 1. The van der Waals surface area contributed by atoms with Gasteiger partial charge in [0.1, 0.15) is 5.69 Å². The molecular formula is C28H23N3O3. The monoisotopic (exact) mass is 449 g/mol. The van der Waals surface area contributed by atoms with Gasteiger partial charge in [0.2, 0.25) is 12.7 Å². The number of imidazole rings is 1. The molecule has 0 saturated heterocycles. The van der Waals surface area contributed by atoms with Gasteiger partial charge in [-0.2, -0.15) is 0 Å². The van der Waals surface area contributed by atoms with Crippen molar-refractivity contribution in [3.63, 3.8) is 0 Å². The molecule has 1 aliphatic rings. The number of aromatic nitrogens is 3. The highest BCUT2D eigenvalue weighted by atomic mass is 16.7. The number of ether oxygens (including phenoxy) is 2. The predicted molar refractivity (Wildman–Crippen MR) is 129 cm³/mol. The first kappa shape index (κ1) is 20.3. The van der Waals surface area contributed by atoms with Crippen molar-refractivity contribution < 1.29 is 14.6 Å². The zero-order valence-corrected chi connectivity index (χ0v) is 18.7. The van der Waals surface area contributed by atoms with Crippen LogP contribution in [0, 0.1) is 6.92 Å². The Morgan fingerprint density at radius 3 is 2.50 bits per heavy atom. The average molecular weight is 450 g/mol. The highest BCUT2D eigenvalue weighted by molar-refractivity contribution is 5.64. The van der Waals surface area contributed by atoms with Crippen molar-refractivity contribution in [2.24, 2.45) is 0 Å². The summed E-state index contributed by atoms with van der Waals surface area (Å²) in [4.78, 5) is 9.81. The Hall–Kier alpha value is -4.32. The van der Waals surface area contributed by atoms with Gasteiger partial charge in [0.05, 0.1) is 11.4 Å². The van der Waals surface area contributed by atoms with Crippen molar-refractivity contribution in [1.82, 2.24) is 14.4 Å². The summed E-state index contributed by atoms with van der Waals surface area (Å²) < 4.78 is 12.7. The molecule has 0 amide bonds. The Labute approximate surface area is 197 Å². The number of hydrogen-bond donors (Lipinski definition) is 1. The molecule has 0 radical (unpaired) electrons. The fourth-order valence-electron chi connectivity index (χ4n) is 4.36. The van der Waals surface area contributed by atoms with Gasteiger partial charge in [-0.1, -0.05) is 60.2 Å². The molecule has 6 rings (SSSR count). The first-order valence-electron chi connectivity index (χ1n) is 11.2. The van der Waals surface area contributed by atoms with E-state index < -0.39 is 0 Å². The molecule has 3 heterocycles. The zero-order chi connectivity index (χ0) is 23.1. The van der Waals surface area contributed by atoms with E-state index in [1.807, 2.05) is 54.7 Å². The maximum absolute atomic E-state index is 11.2. The third kappa shape index (κ3) is 3.73. The van der Waals surface area contributed by atoms with Gasteiger partial charge in [-0.05, 0) is 36.2 Å². The quantitative estimate of drug-likeness (QED) is 0.393. The number of fused-ring (bicyclic) bond motifs is 2. The Balaban J connectivity index is 1.46. The molecule has 3 aromatic carbocycles. The van der Waals surface area contributed by atoms with Gasteiger partial charge in [0.15, 0.2) is 17.1 Å². The molecule has 1 aliphatic heterocycles. The minimum atomic E-state index is 0.123. The van der Waals surface area contributed by atoms with Crippen molar-refractivity contribution in [1.29, 1.82) is 0 Å². The topological polar surface area (TPSA) is 68.9 Å². The van der Waals surface area contributed by atoms with E-state index in [0.29, 0.717) is 29.9 Å². The Kier molecular flexibility index (Phi) is 4.91. The van der Waals surface area contributed by atoms with E-state index in [9.17, 15) is 5.11 Å². The molecule has 34 heavy (non-hydrogen) atoms. The third-order valence-corrected chi connectivity index (χ3v) is 6.06. The van der Waals surface area contributed by atoms with Crippen LogP contribution in [0.5, 0.6) is 17.4 Å². The normalized spacial score (nSPS) is 12.4. The lowest BCUT2D eigenvalue weighted by molar-refractivity contribution is 0.174. The summed E-state index contributed by atoms with van der Waals surface area (Å²) in [7, 11) is 0. The molecule has 0 fully saturated rings. The molecule has 0 unspecified atom stereocenters. The lowest BCUT2D eigenvalue weighted by Gasteiger charge is -2.09. The lowest BCUT2D eigenvalue weighted by Crippen LogP contribution is -2.01. The smallest absolute Gasteiger partial charge is 0.231 e. The van der Waals surface area contributed by atoms with Crippen molar-refractivity contribution in [3.05, 3.63) is 107 Å². The first-order valence-corrected chi connectivity index (χ1v) is 11.2. The fraction of sp³-hybridized carbons (Fsp3) is 0.143. The van der Waals surface area contributed by atoms with Crippen molar-refractivity contribution in [2.45, 2.75) is 19.8 Å². The van der Waals surface area contributed by atoms with E-state index in [4.69, 9.17) is 19.4 Å². The molecule has 0 atom stereocenters. The van der Waals surface area contributed by atoms with E-state index in [-0.39, 0.29) is 12.7 Å². The van der Waals surface area contributed by atoms with Crippen LogP contribution in [0.3, 0.4) is 0 Å². The van der Waals surface area contributed by atoms with E-state index in [0.717, 1.165) is 39.4 Å². The lowest BCUT2D eigenvalue weighted by atomic mass is 10.1. The fourth-order valence-corrected chi connectivity index (χ4v) is 4.36. The van der Waals surface area contributed by atoms with E-state index in [1.54, 1.807) is 4.40 Å². The van der Waals surface area contributed by atoms with Crippen molar-refractivity contribution >= 4 is 5.65 Å². The molecule has 2 aromatic heterocycles. The summed E-state index contributed by atoms with van der Waals surface area (Å²) in [5, 5.41) is 11.2. The molecule has 0 saturated carbocycles. The third-order valence-electron chi connectivity index (χ3n) is 6.06. The molecule has 5 aromatic rings. The molecule has 0 spiro atoms. The summed E-state index contributed by atoms with van der Waals surface area (Å²) in [5.74, 6) is 1.58. The summed E-state index contributed by atoms with van der Waals surface area (Å²) >= 11 is 0. The average Bonchev–Trinajstić information content (AvgIpc) is 3.44. The van der Waals surface area contributed by atoms with Crippen LogP contribution in [0.4, 0.5) is 0 Å². The van der Waals surface area contributed by atoms with Crippen LogP contribution in [0.1, 0.15) is 28.1 Å². The maximum atomic E-state index is 11.2. The second-order valence-electron chi connectivity index (χ2n) is 8.54. The summed E-state index contributed by atoms with van der Waals surface area (Å²) in [6.45, 7) is 2.29. The molecule has 1 N–H and O–H groups in total. The summed E-state index contributed by atoms with van der Waals surface area (Å²) in [5.41, 5.74) is 7.15. The number of rotatable bonds is 5. The number of hydrogen-bond acceptors (Lipinski definition) is 5. The highest BCUT2D eigenvalue weighted by Gasteiger charge is 2.19. The largest absolute Gasteiger partial charge is 0.493 e. The van der Waals surface area contributed by atoms with Crippen LogP contribution in [-0.4, -0.2) is 26.3 Å². The zero-order valence-electron chi connectivity index (χ0n) is 18.7. The molecular weight excluding hydrogens is 426 g/mol. The minimum absolute atomic E-state index is 0.123. The van der Waals surface area contributed by atoms with Crippen molar-refractivity contribution in [3.8, 4) is 28.6 Å². The number of nitrogens with zero attached hydrogens (tertiary/aromatic N) is 3. The standard InChI is InChI=1S/C28H23N3O3/c1-18-6-5-9-21(12-18)24-16-31-27(22(29-24)13-19-7-3-2-4-8-19)30-23(28(31)32)14-20-10-11-25-26(15-20)34-17-33-25/h2-12,15-16,32H,13-14,17H2,1H3. The molecule has 168 valence electrons. The van der Waals surface area contributed by atoms with Gasteiger partial charge >= 0.3 is 0 Å². The second-order valence-corrected chi connectivity index (χ2v) is 8.54. The SMILES string of the molecule is Cc1cccc(-c2cn3c(O)c(Cc4ccc5c(c4)OCO5)nc3c(Cc3ccccc3)n2)c1. The van der Waals surface area contributed by atoms with Crippen molar-refractivity contribution in [2.75, 3.05) is 6.79 Å². The van der Waals surface area contributed by atoms with E-state index in [1.165, 1.54) is 0 Å². The Morgan fingerprint density at radius 2 is 1.65 bits per heavy atom. The molecule has 0 bridgehead atoms. The Bertz CT molecular complexity index is 1510. The molecule has 6 heteroatoms. The van der Waals surface area contributed by atoms with Crippen LogP contribution < -0.4 is 9.47 Å². The van der Waals surface area contributed by atoms with Gasteiger partial charge in [0.25, 0.3) is 0 Å². The second kappa shape index (κ2) is 8.23. The van der Waals surface area contributed by atoms with Crippen LogP contribution in [0.15, 0.2) is 79.0 Å². The maximum Gasteiger partial charge on any atom is 0.231 e. The van der Waals surface area contributed by atoms with Gasteiger partial charge in [-0.15, -0.1) is 0 Å². The molecule has 6 nitrogen and oxygen atoms in total. The Morgan fingerprint density at radius 1 is 0.824 bits per heavy atom. The number of aromatic hydroxyl groups is 1. The van der Waals surface area contributed by atoms with E-state index >= 15 is 0 Å². The van der Waals surface area contributed by atoms with Gasteiger partial charge in [-0.25, -0.2) is 9.97 Å². The van der Waals surface area contributed by atoms with Crippen LogP contribution in [-0.2, 0) is 12.8 Å². The first-order chi connectivity index (χ1) is 16.6. The summed E-state index contributed by atoms with van der Waals surface area (Å²) in [6.07, 6.45) is 2.95. The van der Waals surface area contributed by atoms with Crippen LogP contribution >= 0.6 is 0 Å². The predicted octanol–water partition coefficient (Wildman–Crippen LogP) is 5.32. The summed E-state index contributed by atoms with van der Waals surface area (Å²) in [6, 6.07) is 24.2. The van der Waals surface area contributed by atoms with Crippen LogP contribution in [0.2, 0.25) is 0 Å². The van der Waals surface area contributed by atoms with Gasteiger partial charge < -0.3 is 14.6 Å².